The molecule has 0 aliphatic rings. The number of pyridine rings is 1. The van der Waals surface area contributed by atoms with E-state index in [2.05, 4.69) is 32.3 Å². The molecule has 0 unspecified atom stereocenters. The molecule has 3 aromatic heterocycles. The highest BCUT2D eigenvalue weighted by molar-refractivity contribution is 5.97. The van der Waals surface area contributed by atoms with Gasteiger partial charge in [-0.25, -0.2) is 4.98 Å². The largest absolute Gasteiger partial charge is 0.353 e. The van der Waals surface area contributed by atoms with Crippen molar-refractivity contribution in [1.82, 2.24) is 20.2 Å². The van der Waals surface area contributed by atoms with E-state index in [1.165, 1.54) is 12.3 Å². The highest BCUT2D eigenvalue weighted by atomic mass is 19.1. The van der Waals surface area contributed by atoms with E-state index < -0.39 is 5.95 Å². The first kappa shape index (κ1) is 13.9. The van der Waals surface area contributed by atoms with Crippen LogP contribution in [0.25, 0.3) is 44.3 Å². The second kappa shape index (κ2) is 5.27. The van der Waals surface area contributed by atoms with Gasteiger partial charge in [-0.1, -0.05) is 24.3 Å². The molecule has 2 N–H and O–H groups in total. The van der Waals surface area contributed by atoms with Crippen molar-refractivity contribution in [3.63, 3.8) is 0 Å². The maximum atomic E-state index is 13.4. The Morgan fingerprint density at radius 3 is 2.60 bits per heavy atom. The molecule has 2 aromatic carbocycles. The minimum atomic E-state index is -0.485. The van der Waals surface area contributed by atoms with Crippen LogP contribution in [0.5, 0.6) is 0 Å². The van der Waals surface area contributed by atoms with Gasteiger partial charge in [-0.05, 0) is 41.5 Å². The molecular weight excluding hydrogens is 315 g/mol. The van der Waals surface area contributed by atoms with E-state index in [1.54, 1.807) is 6.07 Å². The van der Waals surface area contributed by atoms with Crippen LogP contribution in [0.4, 0.5) is 4.39 Å². The third-order valence-corrected chi connectivity index (χ3v) is 4.41. The molecule has 4 nitrogen and oxygen atoms in total. The normalized spacial score (nSPS) is 11.4. The maximum Gasteiger partial charge on any atom is 0.213 e. The Balaban J connectivity index is 1.64. The van der Waals surface area contributed by atoms with Crippen molar-refractivity contribution in [2.75, 3.05) is 0 Å². The summed E-state index contributed by atoms with van der Waals surface area (Å²) in [5, 5.41) is 9.72. The molecule has 0 bridgehead atoms. The van der Waals surface area contributed by atoms with Gasteiger partial charge in [-0.15, -0.1) is 0 Å². The topological polar surface area (TPSA) is 57.4 Å². The summed E-state index contributed by atoms with van der Waals surface area (Å²) < 4.78 is 13.4. The van der Waals surface area contributed by atoms with E-state index in [1.807, 2.05) is 36.4 Å². The molecule has 25 heavy (non-hydrogen) atoms. The van der Waals surface area contributed by atoms with Crippen LogP contribution in [0, 0.1) is 5.95 Å². The number of aromatic nitrogens is 4. The standard InChI is InChI=1S/C20H13FN4/c21-19-11-13(7-8-22-19)12-5-6-15-17(9-12)24-25-20(15)18-10-14-3-1-2-4-16(14)23-18/h1-11,23H,(H,24,25). The smallest absolute Gasteiger partial charge is 0.213 e. The van der Waals surface area contributed by atoms with E-state index >= 15 is 0 Å². The van der Waals surface area contributed by atoms with Crippen molar-refractivity contribution < 1.29 is 4.39 Å². The van der Waals surface area contributed by atoms with Crippen LogP contribution in [0.3, 0.4) is 0 Å². The van der Waals surface area contributed by atoms with Gasteiger partial charge in [0, 0.05) is 28.6 Å². The molecule has 0 aliphatic heterocycles. The maximum absolute atomic E-state index is 13.4. The molecule has 0 atom stereocenters. The molecule has 0 saturated carbocycles. The Morgan fingerprint density at radius 2 is 1.72 bits per heavy atom. The fraction of sp³-hybridized carbons (Fsp3) is 0. The number of H-pyrrole nitrogens is 2. The van der Waals surface area contributed by atoms with Gasteiger partial charge in [-0.2, -0.15) is 9.49 Å². The molecule has 3 heterocycles. The Bertz CT molecular complexity index is 1190. The van der Waals surface area contributed by atoms with Gasteiger partial charge < -0.3 is 4.98 Å². The molecular formula is C20H13FN4. The minimum Gasteiger partial charge on any atom is -0.353 e. The second-order valence-corrected chi connectivity index (χ2v) is 5.97. The van der Waals surface area contributed by atoms with Crippen LogP contribution in [-0.2, 0) is 0 Å². The molecule has 5 heteroatoms. The number of para-hydroxylation sites is 1. The SMILES string of the molecule is Fc1cc(-c2ccc3c(-c4cc5ccccc5[nH]4)n[nH]c3c2)ccn1. The molecule has 0 spiro atoms. The lowest BCUT2D eigenvalue weighted by molar-refractivity contribution is 0.584. The fourth-order valence-electron chi connectivity index (χ4n) is 3.19. The minimum absolute atomic E-state index is 0.485. The van der Waals surface area contributed by atoms with Crippen LogP contribution >= 0.6 is 0 Å². The van der Waals surface area contributed by atoms with Crippen molar-refractivity contribution in [2.45, 2.75) is 0 Å². The molecule has 5 rings (SSSR count). The van der Waals surface area contributed by atoms with Crippen LogP contribution < -0.4 is 0 Å². The van der Waals surface area contributed by atoms with Crippen LogP contribution in [-0.4, -0.2) is 20.2 Å². The van der Waals surface area contributed by atoms with Crippen LogP contribution in [0.2, 0.25) is 0 Å². The summed E-state index contributed by atoms with van der Waals surface area (Å²) in [5.41, 5.74) is 5.53. The van der Waals surface area contributed by atoms with Gasteiger partial charge in [0.2, 0.25) is 5.95 Å². The van der Waals surface area contributed by atoms with E-state index in [-0.39, 0.29) is 0 Å². The van der Waals surface area contributed by atoms with Crippen LogP contribution in [0.1, 0.15) is 0 Å². The van der Waals surface area contributed by atoms with Gasteiger partial charge >= 0.3 is 0 Å². The molecule has 5 aromatic rings. The predicted octanol–water partition coefficient (Wildman–Crippen LogP) is 4.91. The third kappa shape index (κ3) is 2.29. The first-order valence-corrected chi connectivity index (χ1v) is 7.96. The lowest BCUT2D eigenvalue weighted by Crippen LogP contribution is -1.84. The Morgan fingerprint density at radius 1 is 0.840 bits per heavy atom. The number of rotatable bonds is 2. The van der Waals surface area contributed by atoms with Crippen LogP contribution in [0.15, 0.2) is 66.9 Å². The predicted molar refractivity (Wildman–Crippen MR) is 96.6 cm³/mol. The van der Waals surface area contributed by atoms with Crippen molar-refractivity contribution in [3.05, 3.63) is 72.8 Å². The zero-order valence-corrected chi connectivity index (χ0v) is 13.1. The second-order valence-electron chi connectivity index (χ2n) is 5.97. The number of fused-ring (bicyclic) bond motifs is 2. The molecule has 0 fully saturated rings. The summed E-state index contributed by atoms with van der Waals surface area (Å²) in [6.45, 7) is 0. The molecule has 0 radical (unpaired) electrons. The summed E-state index contributed by atoms with van der Waals surface area (Å²) in [6.07, 6.45) is 1.47. The highest BCUT2D eigenvalue weighted by Gasteiger charge is 2.12. The number of hydrogen-bond donors (Lipinski definition) is 2. The van der Waals surface area contributed by atoms with Crippen molar-refractivity contribution in [1.29, 1.82) is 0 Å². The monoisotopic (exact) mass is 328 g/mol. The van der Waals surface area contributed by atoms with Crippen molar-refractivity contribution in [3.8, 4) is 22.5 Å². The van der Waals surface area contributed by atoms with Gasteiger partial charge in [0.25, 0.3) is 0 Å². The van der Waals surface area contributed by atoms with Gasteiger partial charge in [0.15, 0.2) is 0 Å². The number of nitrogens with zero attached hydrogens (tertiary/aromatic N) is 2. The van der Waals surface area contributed by atoms with E-state index in [9.17, 15) is 4.39 Å². The summed E-state index contributed by atoms with van der Waals surface area (Å²) >= 11 is 0. The third-order valence-electron chi connectivity index (χ3n) is 4.41. The molecule has 0 amide bonds. The first-order valence-electron chi connectivity index (χ1n) is 7.96. The summed E-state index contributed by atoms with van der Waals surface area (Å²) in [5.74, 6) is -0.485. The molecule has 0 saturated heterocycles. The number of aromatic amines is 2. The zero-order chi connectivity index (χ0) is 16.8. The summed E-state index contributed by atoms with van der Waals surface area (Å²) in [6, 6.07) is 19.4. The number of benzene rings is 2. The quantitative estimate of drug-likeness (QED) is 0.452. The molecule has 0 aliphatic carbocycles. The summed E-state index contributed by atoms with van der Waals surface area (Å²) in [4.78, 5) is 7.00. The van der Waals surface area contributed by atoms with E-state index in [4.69, 9.17) is 0 Å². The molecule has 120 valence electrons. The first-order chi connectivity index (χ1) is 12.3. The lowest BCUT2D eigenvalue weighted by Gasteiger charge is -2.02. The van der Waals surface area contributed by atoms with Gasteiger partial charge in [-0.3, -0.25) is 5.10 Å². The Labute approximate surface area is 142 Å². The summed E-state index contributed by atoms with van der Waals surface area (Å²) in [7, 11) is 0. The number of halogens is 1. The average Bonchev–Trinajstić information content (AvgIpc) is 3.24. The Kier molecular flexibility index (Phi) is 2.94. The lowest BCUT2D eigenvalue weighted by atomic mass is 10.0. The fourth-order valence-corrected chi connectivity index (χ4v) is 3.19. The van der Waals surface area contributed by atoms with Crippen molar-refractivity contribution >= 4 is 21.8 Å². The zero-order valence-electron chi connectivity index (χ0n) is 13.1. The number of nitrogens with one attached hydrogen (secondary N) is 2. The van der Waals surface area contributed by atoms with E-state index in [0.717, 1.165) is 44.3 Å². The highest BCUT2D eigenvalue weighted by Crippen LogP contribution is 2.31. The van der Waals surface area contributed by atoms with Gasteiger partial charge in [0.05, 0.1) is 11.2 Å². The van der Waals surface area contributed by atoms with E-state index in [0.29, 0.717) is 0 Å². The number of hydrogen-bond acceptors (Lipinski definition) is 2. The van der Waals surface area contributed by atoms with Gasteiger partial charge in [0.1, 0.15) is 5.69 Å². The average molecular weight is 328 g/mol. The Hall–Kier alpha value is -3.47. The van der Waals surface area contributed by atoms with Crippen molar-refractivity contribution in [2.24, 2.45) is 0 Å².